The molecule has 0 aliphatic carbocycles. The molecule has 0 saturated carbocycles. The van der Waals surface area contributed by atoms with E-state index in [-0.39, 0.29) is 5.91 Å². The van der Waals surface area contributed by atoms with Crippen LogP contribution in [0.3, 0.4) is 0 Å². The van der Waals surface area contributed by atoms with Crippen LogP contribution in [0.4, 0.5) is 5.13 Å². The predicted octanol–water partition coefficient (Wildman–Crippen LogP) is 2.82. The lowest BCUT2D eigenvalue weighted by Crippen LogP contribution is -2.48. The third-order valence-corrected chi connectivity index (χ3v) is 5.74. The molecular weight excluding hydrogens is 332 g/mol. The summed E-state index contributed by atoms with van der Waals surface area (Å²) >= 11 is 3.26. The fraction of sp³-hybridized carbons (Fsp3) is 0.267. The van der Waals surface area contributed by atoms with Gasteiger partial charge in [0, 0.05) is 26.2 Å². The zero-order valence-corrected chi connectivity index (χ0v) is 13.8. The first kappa shape index (κ1) is 14.4. The van der Waals surface area contributed by atoms with Crippen LogP contribution < -0.4 is 4.90 Å². The van der Waals surface area contributed by atoms with Crippen molar-refractivity contribution in [1.29, 1.82) is 0 Å². The summed E-state index contributed by atoms with van der Waals surface area (Å²) in [7, 11) is 0. The maximum atomic E-state index is 12.3. The number of nitrogens with zero attached hydrogens (tertiary/aromatic N) is 4. The van der Waals surface area contributed by atoms with Gasteiger partial charge in [-0.1, -0.05) is 17.4 Å². The Bertz CT molecular complexity index is 774. The Kier molecular flexibility index (Phi) is 3.84. The first-order valence-electron chi connectivity index (χ1n) is 7.26. The molecule has 0 atom stereocenters. The zero-order chi connectivity index (χ0) is 15.6. The lowest BCUT2D eigenvalue weighted by Gasteiger charge is -2.33. The number of rotatable bonds is 3. The number of anilines is 1. The molecular formula is C15H14N4O2S2. The Labute approximate surface area is 141 Å². The van der Waals surface area contributed by atoms with Gasteiger partial charge < -0.3 is 14.2 Å². The Morgan fingerprint density at radius 1 is 1.13 bits per heavy atom. The summed E-state index contributed by atoms with van der Waals surface area (Å²) in [6.45, 7) is 2.83. The van der Waals surface area contributed by atoms with Gasteiger partial charge in [0.25, 0.3) is 5.91 Å². The van der Waals surface area contributed by atoms with E-state index in [0.717, 1.165) is 28.1 Å². The van der Waals surface area contributed by atoms with Crippen LogP contribution in [0.25, 0.3) is 9.88 Å². The van der Waals surface area contributed by atoms with Gasteiger partial charge >= 0.3 is 0 Å². The predicted molar refractivity (Wildman–Crippen MR) is 90.0 cm³/mol. The van der Waals surface area contributed by atoms with Crippen molar-refractivity contribution in [3.05, 3.63) is 41.7 Å². The van der Waals surface area contributed by atoms with E-state index in [4.69, 9.17) is 4.42 Å². The van der Waals surface area contributed by atoms with E-state index in [1.54, 1.807) is 34.8 Å². The molecule has 0 aromatic carbocycles. The van der Waals surface area contributed by atoms with Gasteiger partial charge in [0.1, 0.15) is 0 Å². The second-order valence-corrected chi connectivity index (χ2v) is 7.03. The molecule has 1 amide bonds. The van der Waals surface area contributed by atoms with Gasteiger partial charge in [-0.2, -0.15) is 0 Å². The van der Waals surface area contributed by atoms with E-state index in [1.807, 2.05) is 16.3 Å². The molecule has 3 aromatic heterocycles. The topological polar surface area (TPSA) is 62.5 Å². The third kappa shape index (κ3) is 2.87. The van der Waals surface area contributed by atoms with Gasteiger partial charge in [-0.3, -0.25) is 4.79 Å². The van der Waals surface area contributed by atoms with Crippen LogP contribution in [0, 0.1) is 0 Å². The quantitative estimate of drug-likeness (QED) is 0.730. The standard InChI is InChI=1S/C15H14N4O2S2/c20-14(11-3-1-9-21-11)18-5-7-19(8-6-18)15-17-16-13(23-15)12-4-2-10-22-12/h1-4,9-10H,5-8H2. The second-order valence-electron chi connectivity index (χ2n) is 5.12. The number of carbonyl (C=O) groups excluding carboxylic acids is 1. The van der Waals surface area contributed by atoms with E-state index in [0.29, 0.717) is 18.8 Å². The van der Waals surface area contributed by atoms with Gasteiger partial charge in [0.05, 0.1) is 11.1 Å². The molecule has 4 rings (SSSR count). The maximum Gasteiger partial charge on any atom is 0.289 e. The van der Waals surface area contributed by atoms with Crippen LogP contribution >= 0.6 is 22.7 Å². The summed E-state index contributed by atoms with van der Waals surface area (Å²) in [6, 6.07) is 7.50. The number of furan rings is 1. The van der Waals surface area contributed by atoms with E-state index in [9.17, 15) is 4.79 Å². The summed E-state index contributed by atoms with van der Waals surface area (Å²) in [5.41, 5.74) is 0. The number of thiophene rings is 1. The first-order chi connectivity index (χ1) is 11.3. The van der Waals surface area contributed by atoms with E-state index >= 15 is 0 Å². The molecule has 0 spiro atoms. The highest BCUT2D eigenvalue weighted by Crippen LogP contribution is 2.31. The minimum absolute atomic E-state index is 0.0498. The highest BCUT2D eigenvalue weighted by Gasteiger charge is 2.25. The highest BCUT2D eigenvalue weighted by atomic mass is 32.1. The number of piperazine rings is 1. The van der Waals surface area contributed by atoms with Crippen LogP contribution in [-0.2, 0) is 0 Å². The van der Waals surface area contributed by atoms with Crippen molar-refractivity contribution in [2.24, 2.45) is 0 Å². The van der Waals surface area contributed by atoms with Crippen LogP contribution in [0.2, 0.25) is 0 Å². The molecule has 1 saturated heterocycles. The maximum absolute atomic E-state index is 12.3. The van der Waals surface area contributed by atoms with Crippen molar-refractivity contribution in [2.75, 3.05) is 31.1 Å². The molecule has 1 aliphatic rings. The average molecular weight is 346 g/mol. The first-order valence-corrected chi connectivity index (χ1v) is 8.96. The normalized spacial score (nSPS) is 15.1. The molecule has 0 unspecified atom stereocenters. The Balaban J connectivity index is 1.41. The molecule has 8 heteroatoms. The van der Waals surface area contributed by atoms with Crippen LogP contribution in [0.5, 0.6) is 0 Å². The van der Waals surface area contributed by atoms with E-state index in [1.165, 1.54) is 6.26 Å². The molecule has 0 N–H and O–H groups in total. The highest BCUT2D eigenvalue weighted by molar-refractivity contribution is 7.22. The summed E-state index contributed by atoms with van der Waals surface area (Å²) < 4.78 is 5.18. The molecule has 23 heavy (non-hydrogen) atoms. The fourth-order valence-corrected chi connectivity index (χ4v) is 4.19. The Hall–Kier alpha value is -2.19. The van der Waals surface area contributed by atoms with Crippen molar-refractivity contribution in [1.82, 2.24) is 15.1 Å². The molecule has 1 aliphatic heterocycles. The van der Waals surface area contributed by atoms with Gasteiger partial charge in [0.15, 0.2) is 10.8 Å². The van der Waals surface area contributed by atoms with Crippen LogP contribution in [-0.4, -0.2) is 47.2 Å². The van der Waals surface area contributed by atoms with Crippen molar-refractivity contribution in [3.63, 3.8) is 0 Å². The fourth-order valence-electron chi connectivity index (χ4n) is 2.50. The largest absolute Gasteiger partial charge is 0.459 e. The van der Waals surface area contributed by atoms with Crippen molar-refractivity contribution >= 4 is 33.7 Å². The number of hydrogen-bond acceptors (Lipinski definition) is 7. The molecule has 0 bridgehead atoms. The second kappa shape index (κ2) is 6.13. The minimum Gasteiger partial charge on any atom is -0.459 e. The summed E-state index contributed by atoms with van der Waals surface area (Å²) in [5.74, 6) is 0.348. The summed E-state index contributed by atoms with van der Waals surface area (Å²) in [6.07, 6.45) is 1.52. The molecule has 0 radical (unpaired) electrons. The number of amides is 1. The van der Waals surface area contributed by atoms with Crippen molar-refractivity contribution in [3.8, 4) is 9.88 Å². The third-order valence-electron chi connectivity index (χ3n) is 3.72. The lowest BCUT2D eigenvalue weighted by atomic mass is 10.3. The number of aromatic nitrogens is 2. The molecule has 1 fully saturated rings. The van der Waals surface area contributed by atoms with E-state index < -0.39 is 0 Å². The molecule has 6 nitrogen and oxygen atoms in total. The number of carbonyl (C=O) groups is 1. The Morgan fingerprint density at radius 2 is 2.00 bits per heavy atom. The monoisotopic (exact) mass is 346 g/mol. The molecule has 118 valence electrons. The number of hydrogen-bond donors (Lipinski definition) is 0. The molecule has 3 aromatic rings. The smallest absolute Gasteiger partial charge is 0.289 e. The van der Waals surface area contributed by atoms with Crippen LogP contribution in [0.15, 0.2) is 40.3 Å². The van der Waals surface area contributed by atoms with Gasteiger partial charge in [0.2, 0.25) is 5.13 Å². The Morgan fingerprint density at radius 3 is 2.70 bits per heavy atom. The summed E-state index contributed by atoms with van der Waals surface area (Å²) in [4.78, 5) is 17.4. The minimum atomic E-state index is -0.0498. The van der Waals surface area contributed by atoms with Crippen molar-refractivity contribution in [2.45, 2.75) is 0 Å². The zero-order valence-electron chi connectivity index (χ0n) is 12.2. The van der Waals surface area contributed by atoms with Crippen LogP contribution in [0.1, 0.15) is 10.6 Å². The average Bonchev–Trinajstić information content (AvgIpc) is 3.36. The lowest BCUT2D eigenvalue weighted by molar-refractivity contribution is 0.0714. The van der Waals surface area contributed by atoms with Crippen molar-refractivity contribution < 1.29 is 9.21 Å². The van der Waals surface area contributed by atoms with E-state index in [2.05, 4.69) is 21.2 Å². The SMILES string of the molecule is O=C(c1ccco1)N1CCN(c2nnc(-c3cccs3)s2)CC1. The van der Waals surface area contributed by atoms with Gasteiger partial charge in [-0.25, -0.2) is 0 Å². The summed E-state index contributed by atoms with van der Waals surface area (Å²) in [5, 5.41) is 12.5. The molecule has 4 heterocycles. The van der Waals surface area contributed by atoms with Gasteiger partial charge in [-0.05, 0) is 23.6 Å². The van der Waals surface area contributed by atoms with Gasteiger partial charge in [-0.15, -0.1) is 21.5 Å².